The molecular formula is C19H22N2O2S. The second-order valence-electron chi connectivity index (χ2n) is 6.29. The Balaban J connectivity index is 1.97. The molecule has 2 aromatic rings. The quantitative estimate of drug-likeness (QED) is 0.824. The Morgan fingerprint density at radius 2 is 2.04 bits per heavy atom. The van der Waals surface area contributed by atoms with Crippen LogP contribution in [0, 0.1) is 5.92 Å². The molecule has 1 atom stereocenters. The number of benzene rings is 1. The number of carbonyl (C=O) groups is 1. The number of nitrogens with zero attached hydrogens (tertiary/aromatic N) is 2. The van der Waals surface area contributed by atoms with E-state index in [9.17, 15) is 4.79 Å². The molecule has 0 radical (unpaired) electrons. The van der Waals surface area contributed by atoms with Gasteiger partial charge in [0.2, 0.25) is 5.91 Å². The average Bonchev–Trinajstić information content (AvgIpc) is 2.95. The fourth-order valence-electron chi connectivity index (χ4n) is 2.94. The SMILES string of the molecule is COc1ccc(-c2ccncc2C2SCC(=O)N2CC(C)C)cc1. The minimum atomic E-state index is 0.0331. The zero-order valence-electron chi connectivity index (χ0n) is 14.2. The van der Waals surface area contributed by atoms with Crippen LogP contribution < -0.4 is 4.74 Å². The van der Waals surface area contributed by atoms with Gasteiger partial charge in [0.1, 0.15) is 11.1 Å². The van der Waals surface area contributed by atoms with Crippen LogP contribution in [0.15, 0.2) is 42.7 Å². The molecule has 0 N–H and O–H groups in total. The molecule has 4 nitrogen and oxygen atoms in total. The van der Waals surface area contributed by atoms with E-state index in [0.717, 1.165) is 29.0 Å². The number of hydrogen-bond donors (Lipinski definition) is 0. The lowest BCUT2D eigenvalue weighted by Gasteiger charge is -2.27. The molecule has 0 bridgehead atoms. The monoisotopic (exact) mass is 342 g/mol. The zero-order chi connectivity index (χ0) is 17.1. The van der Waals surface area contributed by atoms with E-state index in [0.29, 0.717) is 11.7 Å². The fraction of sp³-hybridized carbons (Fsp3) is 0.368. The topological polar surface area (TPSA) is 42.4 Å². The number of methoxy groups -OCH3 is 1. The molecule has 5 heteroatoms. The number of amides is 1. The lowest BCUT2D eigenvalue weighted by atomic mass is 10.0. The highest BCUT2D eigenvalue weighted by molar-refractivity contribution is 8.00. The second kappa shape index (κ2) is 7.26. The summed E-state index contributed by atoms with van der Waals surface area (Å²) in [4.78, 5) is 18.6. The molecule has 1 aliphatic rings. The summed E-state index contributed by atoms with van der Waals surface area (Å²) < 4.78 is 5.24. The van der Waals surface area contributed by atoms with Crippen molar-refractivity contribution in [2.24, 2.45) is 5.92 Å². The van der Waals surface area contributed by atoms with Crippen molar-refractivity contribution in [2.45, 2.75) is 19.2 Å². The summed E-state index contributed by atoms with van der Waals surface area (Å²) in [5.41, 5.74) is 3.32. The third kappa shape index (κ3) is 3.41. The molecule has 0 spiro atoms. The molecule has 126 valence electrons. The van der Waals surface area contributed by atoms with Crippen LogP contribution in [0.25, 0.3) is 11.1 Å². The van der Waals surface area contributed by atoms with Gasteiger partial charge in [0.05, 0.1) is 12.9 Å². The maximum Gasteiger partial charge on any atom is 0.233 e. The number of carbonyl (C=O) groups excluding carboxylic acids is 1. The maximum absolute atomic E-state index is 12.3. The van der Waals surface area contributed by atoms with Crippen molar-refractivity contribution in [1.29, 1.82) is 0 Å². The molecule has 1 amide bonds. The molecule has 1 aromatic heterocycles. The van der Waals surface area contributed by atoms with Gasteiger partial charge in [-0.05, 0) is 35.2 Å². The summed E-state index contributed by atoms with van der Waals surface area (Å²) in [7, 11) is 1.66. The van der Waals surface area contributed by atoms with E-state index in [-0.39, 0.29) is 11.3 Å². The number of pyridine rings is 1. The highest BCUT2D eigenvalue weighted by Crippen LogP contribution is 2.42. The maximum atomic E-state index is 12.3. The van der Waals surface area contributed by atoms with Gasteiger partial charge >= 0.3 is 0 Å². The summed E-state index contributed by atoms with van der Waals surface area (Å²) in [6, 6.07) is 10.0. The Labute approximate surface area is 147 Å². The van der Waals surface area contributed by atoms with Gasteiger partial charge in [-0.2, -0.15) is 0 Å². The van der Waals surface area contributed by atoms with Crippen LogP contribution >= 0.6 is 11.8 Å². The molecular weight excluding hydrogens is 320 g/mol. The first-order valence-electron chi connectivity index (χ1n) is 8.09. The van der Waals surface area contributed by atoms with E-state index in [1.165, 1.54) is 0 Å². The lowest BCUT2D eigenvalue weighted by molar-refractivity contribution is -0.128. The van der Waals surface area contributed by atoms with E-state index in [1.807, 2.05) is 41.4 Å². The first kappa shape index (κ1) is 16.8. The Bertz CT molecular complexity index is 716. The van der Waals surface area contributed by atoms with Crippen LogP contribution in [-0.2, 0) is 4.79 Å². The van der Waals surface area contributed by atoms with Gasteiger partial charge in [-0.3, -0.25) is 9.78 Å². The Morgan fingerprint density at radius 3 is 2.71 bits per heavy atom. The third-order valence-corrected chi connectivity index (χ3v) is 5.29. The Hall–Kier alpha value is -2.01. The summed E-state index contributed by atoms with van der Waals surface area (Å²) >= 11 is 1.68. The van der Waals surface area contributed by atoms with Crippen LogP contribution in [0.1, 0.15) is 24.8 Å². The first-order valence-corrected chi connectivity index (χ1v) is 9.14. The summed E-state index contributed by atoms with van der Waals surface area (Å²) in [5.74, 6) is 2.02. The van der Waals surface area contributed by atoms with Crippen molar-refractivity contribution in [2.75, 3.05) is 19.4 Å². The van der Waals surface area contributed by atoms with Crippen molar-refractivity contribution >= 4 is 17.7 Å². The Kier molecular flexibility index (Phi) is 5.09. The zero-order valence-corrected chi connectivity index (χ0v) is 15.0. The van der Waals surface area contributed by atoms with Crippen molar-refractivity contribution < 1.29 is 9.53 Å². The highest BCUT2D eigenvalue weighted by Gasteiger charge is 2.34. The normalized spacial score (nSPS) is 17.6. The van der Waals surface area contributed by atoms with Crippen LogP contribution in [0.2, 0.25) is 0 Å². The molecule has 2 heterocycles. The second-order valence-corrected chi connectivity index (χ2v) is 7.36. The van der Waals surface area contributed by atoms with Crippen molar-refractivity contribution in [3.63, 3.8) is 0 Å². The summed E-state index contributed by atoms with van der Waals surface area (Å²) in [5, 5.41) is 0.0331. The third-order valence-electron chi connectivity index (χ3n) is 4.05. The van der Waals surface area contributed by atoms with E-state index < -0.39 is 0 Å². The number of ether oxygens (including phenoxy) is 1. The number of aromatic nitrogens is 1. The van der Waals surface area contributed by atoms with Crippen LogP contribution in [-0.4, -0.2) is 35.2 Å². The minimum absolute atomic E-state index is 0.0331. The number of rotatable bonds is 5. The summed E-state index contributed by atoms with van der Waals surface area (Å²) in [6.45, 7) is 5.05. The molecule has 3 rings (SSSR count). The van der Waals surface area contributed by atoms with Crippen LogP contribution in [0.3, 0.4) is 0 Å². The molecule has 1 fully saturated rings. The largest absolute Gasteiger partial charge is 0.497 e. The molecule has 0 aliphatic carbocycles. The molecule has 0 saturated carbocycles. The van der Waals surface area contributed by atoms with E-state index in [1.54, 1.807) is 25.1 Å². The predicted molar refractivity (Wildman–Crippen MR) is 98.0 cm³/mol. The summed E-state index contributed by atoms with van der Waals surface area (Å²) in [6.07, 6.45) is 3.69. The minimum Gasteiger partial charge on any atom is -0.497 e. The predicted octanol–water partition coefficient (Wildman–Crippen LogP) is 3.99. The molecule has 1 aliphatic heterocycles. The van der Waals surface area contributed by atoms with Gasteiger partial charge < -0.3 is 9.64 Å². The van der Waals surface area contributed by atoms with Crippen LogP contribution in [0.5, 0.6) is 5.75 Å². The molecule has 24 heavy (non-hydrogen) atoms. The molecule has 1 saturated heterocycles. The van der Waals surface area contributed by atoms with E-state index in [4.69, 9.17) is 4.74 Å². The van der Waals surface area contributed by atoms with Crippen molar-refractivity contribution in [1.82, 2.24) is 9.88 Å². The van der Waals surface area contributed by atoms with Crippen LogP contribution in [0.4, 0.5) is 0 Å². The van der Waals surface area contributed by atoms with Gasteiger partial charge in [-0.1, -0.05) is 26.0 Å². The molecule has 1 aromatic carbocycles. The van der Waals surface area contributed by atoms with Crippen molar-refractivity contribution in [3.05, 3.63) is 48.3 Å². The van der Waals surface area contributed by atoms with Gasteiger partial charge in [0, 0.05) is 24.5 Å². The average molecular weight is 342 g/mol. The van der Waals surface area contributed by atoms with E-state index >= 15 is 0 Å². The number of thioether (sulfide) groups is 1. The fourth-order valence-corrected chi connectivity index (χ4v) is 4.16. The molecule has 1 unspecified atom stereocenters. The van der Waals surface area contributed by atoms with Gasteiger partial charge in [-0.15, -0.1) is 11.8 Å². The van der Waals surface area contributed by atoms with Gasteiger partial charge in [-0.25, -0.2) is 0 Å². The smallest absolute Gasteiger partial charge is 0.233 e. The Morgan fingerprint density at radius 1 is 1.29 bits per heavy atom. The first-order chi connectivity index (χ1) is 11.6. The van der Waals surface area contributed by atoms with Crippen molar-refractivity contribution in [3.8, 4) is 16.9 Å². The van der Waals surface area contributed by atoms with Gasteiger partial charge in [0.15, 0.2) is 0 Å². The van der Waals surface area contributed by atoms with E-state index in [2.05, 4.69) is 18.8 Å². The lowest BCUT2D eigenvalue weighted by Crippen LogP contribution is -2.31. The van der Waals surface area contributed by atoms with Gasteiger partial charge in [0.25, 0.3) is 0 Å². The number of hydrogen-bond acceptors (Lipinski definition) is 4. The standard InChI is InChI=1S/C19H22N2O2S/c1-13(2)11-21-18(22)12-24-19(21)17-10-20-9-8-16(17)14-4-6-15(23-3)7-5-14/h4-10,13,19H,11-12H2,1-3H3. The highest BCUT2D eigenvalue weighted by atomic mass is 32.2.